The molecule has 1 aliphatic heterocycles. The summed E-state index contributed by atoms with van der Waals surface area (Å²) in [5.41, 5.74) is 1.48. The predicted octanol–water partition coefficient (Wildman–Crippen LogP) is 4.59. The van der Waals surface area contributed by atoms with Gasteiger partial charge in [0, 0.05) is 18.5 Å². The van der Waals surface area contributed by atoms with Crippen LogP contribution in [0.5, 0.6) is 0 Å². The number of thiazole rings is 1. The second kappa shape index (κ2) is 5.92. The lowest BCUT2D eigenvalue weighted by molar-refractivity contribution is 0.0991. The molecule has 1 amide bonds. The van der Waals surface area contributed by atoms with Crippen LogP contribution < -0.4 is 4.90 Å². The van der Waals surface area contributed by atoms with Gasteiger partial charge in [-0.2, -0.15) is 0 Å². The van der Waals surface area contributed by atoms with Gasteiger partial charge in [0.2, 0.25) is 0 Å². The third-order valence-electron chi connectivity index (χ3n) is 4.94. The van der Waals surface area contributed by atoms with Crippen LogP contribution in [0.15, 0.2) is 12.1 Å². The summed E-state index contributed by atoms with van der Waals surface area (Å²) in [4.78, 5) is 19.5. The molecule has 3 nitrogen and oxygen atoms in total. The van der Waals surface area contributed by atoms with Crippen LogP contribution in [0.4, 0.5) is 14.5 Å². The van der Waals surface area contributed by atoms with Gasteiger partial charge in [-0.15, -0.1) is 11.3 Å². The first-order valence-corrected chi connectivity index (χ1v) is 9.13. The summed E-state index contributed by atoms with van der Waals surface area (Å²) < 4.78 is 27.5. The molecule has 0 radical (unpaired) electrons. The molecule has 4 rings (SSSR count). The average molecular weight is 348 g/mol. The molecule has 0 atom stereocenters. The number of halogens is 2. The Hall–Kier alpha value is -1.82. The van der Waals surface area contributed by atoms with Gasteiger partial charge in [0.25, 0.3) is 5.91 Å². The Kier molecular flexibility index (Phi) is 3.87. The maximum absolute atomic E-state index is 14.2. The van der Waals surface area contributed by atoms with Crippen molar-refractivity contribution in [2.24, 2.45) is 0 Å². The van der Waals surface area contributed by atoms with Crippen LogP contribution in [-0.2, 0) is 6.42 Å². The van der Waals surface area contributed by atoms with Crippen molar-refractivity contribution in [1.82, 2.24) is 4.98 Å². The minimum Gasteiger partial charge on any atom is -0.304 e. The molecule has 6 heteroatoms. The maximum Gasteiger partial charge on any atom is 0.270 e. The molecular weight excluding hydrogens is 330 g/mol. The molecule has 1 aromatic carbocycles. The van der Waals surface area contributed by atoms with Gasteiger partial charge in [0.15, 0.2) is 0 Å². The number of aromatic nitrogens is 1. The zero-order chi connectivity index (χ0) is 16.8. The highest BCUT2D eigenvalue weighted by atomic mass is 32.1. The number of hydrogen-bond acceptors (Lipinski definition) is 3. The Morgan fingerprint density at radius 3 is 2.79 bits per heavy atom. The van der Waals surface area contributed by atoms with Gasteiger partial charge in [-0.1, -0.05) is 12.8 Å². The summed E-state index contributed by atoms with van der Waals surface area (Å²) in [5, 5.41) is 1.02. The Morgan fingerprint density at radius 1 is 1.29 bits per heavy atom. The smallest absolute Gasteiger partial charge is 0.270 e. The standard InChI is InChI=1S/C18H18F2N2OS/c1-10-16(24-17(21-10)11-4-2-3-5-11)18(23)22-7-6-12-8-13(19)9-14(20)15(12)22/h8-9,11H,2-7H2,1H3. The fourth-order valence-corrected chi connectivity index (χ4v) is 4.93. The normalized spacial score (nSPS) is 17.5. The maximum atomic E-state index is 14.2. The fraction of sp³-hybridized carbons (Fsp3) is 0.444. The Labute approximate surface area is 143 Å². The number of anilines is 1. The summed E-state index contributed by atoms with van der Waals surface area (Å²) in [6.07, 6.45) is 5.15. The number of nitrogens with zero attached hydrogens (tertiary/aromatic N) is 2. The fourth-order valence-electron chi connectivity index (χ4n) is 3.74. The number of fused-ring (bicyclic) bond motifs is 1. The quantitative estimate of drug-likeness (QED) is 0.795. The SMILES string of the molecule is Cc1nc(C2CCCC2)sc1C(=O)N1CCc2cc(F)cc(F)c21. The van der Waals surface area contributed by atoms with Crippen molar-refractivity contribution in [3.05, 3.63) is 44.9 Å². The lowest BCUT2D eigenvalue weighted by Crippen LogP contribution is -2.29. The van der Waals surface area contributed by atoms with E-state index in [1.807, 2.05) is 6.92 Å². The molecule has 2 aromatic rings. The molecule has 2 heterocycles. The van der Waals surface area contributed by atoms with E-state index in [0.29, 0.717) is 35.0 Å². The Morgan fingerprint density at radius 2 is 2.04 bits per heavy atom. The van der Waals surface area contributed by atoms with Gasteiger partial charge in [-0.05, 0) is 37.8 Å². The second-order valence-electron chi connectivity index (χ2n) is 6.55. The minimum absolute atomic E-state index is 0.219. The molecule has 0 saturated heterocycles. The molecule has 1 aliphatic carbocycles. The highest BCUT2D eigenvalue weighted by Gasteiger charge is 2.32. The van der Waals surface area contributed by atoms with Gasteiger partial charge < -0.3 is 4.90 Å². The summed E-state index contributed by atoms with van der Waals surface area (Å²) >= 11 is 1.44. The Balaban J connectivity index is 1.67. The third-order valence-corrected chi connectivity index (χ3v) is 6.25. The van der Waals surface area contributed by atoms with Crippen molar-refractivity contribution in [2.75, 3.05) is 11.4 Å². The van der Waals surface area contributed by atoms with E-state index in [1.165, 1.54) is 35.1 Å². The van der Waals surface area contributed by atoms with Crippen molar-refractivity contribution < 1.29 is 13.6 Å². The molecule has 0 spiro atoms. The first kappa shape index (κ1) is 15.7. The van der Waals surface area contributed by atoms with Crippen LogP contribution >= 0.6 is 11.3 Å². The summed E-state index contributed by atoms with van der Waals surface area (Å²) in [6, 6.07) is 2.16. The second-order valence-corrected chi connectivity index (χ2v) is 7.58. The zero-order valence-electron chi connectivity index (χ0n) is 13.4. The predicted molar refractivity (Wildman–Crippen MR) is 89.8 cm³/mol. The van der Waals surface area contributed by atoms with Crippen LogP contribution in [-0.4, -0.2) is 17.4 Å². The van der Waals surface area contributed by atoms with Crippen LogP contribution in [0.1, 0.15) is 57.5 Å². The average Bonchev–Trinajstić information content (AvgIpc) is 3.24. The topological polar surface area (TPSA) is 33.2 Å². The van der Waals surface area contributed by atoms with Crippen LogP contribution in [0, 0.1) is 18.6 Å². The van der Waals surface area contributed by atoms with E-state index in [1.54, 1.807) is 0 Å². The summed E-state index contributed by atoms with van der Waals surface area (Å²) in [7, 11) is 0. The molecule has 1 fully saturated rings. The highest BCUT2D eigenvalue weighted by molar-refractivity contribution is 7.14. The first-order chi connectivity index (χ1) is 11.5. The van der Waals surface area contributed by atoms with Gasteiger partial charge in [0.05, 0.1) is 16.4 Å². The van der Waals surface area contributed by atoms with Gasteiger partial charge in [0.1, 0.15) is 16.5 Å². The highest BCUT2D eigenvalue weighted by Crippen LogP contribution is 2.39. The molecular formula is C18H18F2N2OS. The molecule has 1 aromatic heterocycles. The number of carbonyl (C=O) groups is 1. The molecule has 2 aliphatic rings. The van der Waals surface area contributed by atoms with Crippen LogP contribution in [0.25, 0.3) is 0 Å². The van der Waals surface area contributed by atoms with E-state index in [4.69, 9.17) is 0 Å². The van der Waals surface area contributed by atoms with Crippen molar-refractivity contribution in [2.45, 2.75) is 44.9 Å². The van der Waals surface area contributed by atoms with Crippen molar-refractivity contribution in [3.8, 4) is 0 Å². The molecule has 0 N–H and O–H groups in total. The van der Waals surface area contributed by atoms with E-state index in [2.05, 4.69) is 4.98 Å². The number of rotatable bonds is 2. The summed E-state index contributed by atoms with van der Waals surface area (Å²) in [6.45, 7) is 2.21. The van der Waals surface area contributed by atoms with Crippen LogP contribution in [0.2, 0.25) is 0 Å². The minimum atomic E-state index is -0.672. The van der Waals surface area contributed by atoms with Gasteiger partial charge in [-0.25, -0.2) is 13.8 Å². The van der Waals surface area contributed by atoms with Gasteiger partial charge in [-0.3, -0.25) is 4.79 Å². The molecule has 0 bridgehead atoms. The number of amides is 1. The zero-order valence-corrected chi connectivity index (χ0v) is 14.3. The first-order valence-electron chi connectivity index (χ1n) is 8.31. The molecule has 24 heavy (non-hydrogen) atoms. The molecule has 126 valence electrons. The Bertz CT molecular complexity index is 812. The van der Waals surface area contributed by atoms with E-state index in [9.17, 15) is 13.6 Å². The van der Waals surface area contributed by atoms with Crippen molar-refractivity contribution >= 4 is 22.9 Å². The lowest BCUT2D eigenvalue weighted by Gasteiger charge is -2.17. The van der Waals surface area contributed by atoms with E-state index < -0.39 is 11.6 Å². The monoisotopic (exact) mass is 348 g/mol. The lowest BCUT2D eigenvalue weighted by atomic mass is 10.1. The summed E-state index contributed by atoms with van der Waals surface area (Å²) in [5.74, 6) is -1.04. The van der Waals surface area contributed by atoms with Crippen LogP contribution in [0.3, 0.4) is 0 Å². The number of hydrogen-bond donors (Lipinski definition) is 0. The van der Waals surface area contributed by atoms with E-state index >= 15 is 0 Å². The largest absolute Gasteiger partial charge is 0.304 e. The molecule has 0 unspecified atom stereocenters. The van der Waals surface area contributed by atoms with Crippen molar-refractivity contribution in [3.63, 3.8) is 0 Å². The van der Waals surface area contributed by atoms with Gasteiger partial charge >= 0.3 is 0 Å². The van der Waals surface area contributed by atoms with Crippen molar-refractivity contribution in [1.29, 1.82) is 0 Å². The number of carbonyl (C=O) groups excluding carboxylic acids is 1. The molecule has 1 saturated carbocycles. The van der Waals surface area contributed by atoms with E-state index in [0.717, 1.165) is 23.9 Å². The van der Waals surface area contributed by atoms with E-state index in [-0.39, 0.29) is 11.6 Å². The third kappa shape index (κ3) is 2.53. The number of aryl methyl sites for hydroxylation is 1. The number of benzene rings is 1.